The number of amides is 1. The van der Waals surface area contributed by atoms with Crippen LogP contribution < -0.4 is 10.1 Å². The predicted octanol–water partition coefficient (Wildman–Crippen LogP) is 4.26. The van der Waals surface area contributed by atoms with Crippen molar-refractivity contribution in [2.75, 3.05) is 5.32 Å². The quantitative estimate of drug-likeness (QED) is 0.916. The number of hydrogen-bond acceptors (Lipinski definition) is 3. The Hall–Kier alpha value is -1.66. The first-order valence-electron chi connectivity index (χ1n) is 5.17. The van der Waals surface area contributed by atoms with Gasteiger partial charge in [-0.25, -0.2) is 0 Å². The number of alkyl halides is 2. The number of anilines is 1. The molecule has 1 amide bonds. The molecule has 0 aliphatic carbocycles. The summed E-state index contributed by atoms with van der Waals surface area (Å²) >= 11 is 6.82. The maximum atomic E-state index is 12.2. The third-order valence-corrected chi connectivity index (χ3v) is 3.38. The lowest BCUT2D eigenvalue weighted by atomic mass is 10.3. The normalized spacial score (nSPS) is 10.5. The van der Waals surface area contributed by atoms with E-state index in [-0.39, 0.29) is 11.4 Å². The molecule has 1 aromatic heterocycles. The van der Waals surface area contributed by atoms with E-state index in [2.05, 4.69) is 10.1 Å². The van der Waals surface area contributed by atoms with Gasteiger partial charge >= 0.3 is 6.61 Å². The van der Waals surface area contributed by atoms with E-state index in [4.69, 9.17) is 11.6 Å². The van der Waals surface area contributed by atoms with Crippen LogP contribution in [0.3, 0.4) is 0 Å². The Morgan fingerprint density at radius 2 is 2.00 bits per heavy atom. The van der Waals surface area contributed by atoms with Crippen LogP contribution in [-0.4, -0.2) is 12.5 Å². The maximum Gasteiger partial charge on any atom is 0.387 e. The number of halogens is 3. The number of para-hydroxylation sites is 2. The minimum Gasteiger partial charge on any atom is -0.433 e. The summed E-state index contributed by atoms with van der Waals surface area (Å²) in [6, 6.07) is 9.11. The largest absolute Gasteiger partial charge is 0.433 e. The van der Waals surface area contributed by atoms with Gasteiger partial charge in [0.25, 0.3) is 5.91 Å². The predicted molar refractivity (Wildman–Crippen MR) is 70.4 cm³/mol. The minimum absolute atomic E-state index is 0.0893. The summed E-state index contributed by atoms with van der Waals surface area (Å²) in [5.41, 5.74) is 0.178. The smallest absolute Gasteiger partial charge is 0.387 e. The second-order valence-corrected chi connectivity index (χ2v) is 5.15. The molecule has 1 N–H and O–H groups in total. The Kier molecular flexibility index (Phi) is 4.34. The molecule has 19 heavy (non-hydrogen) atoms. The summed E-state index contributed by atoms with van der Waals surface area (Å²) in [7, 11) is 0. The van der Waals surface area contributed by atoms with Gasteiger partial charge in [0.2, 0.25) is 0 Å². The van der Waals surface area contributed by atoms with Gasteiger partial charge in [0, 0.05) is 0 Å². The molecular weight excluding hydrogens is 296 g/mol. The van der Waals surface area contributed by atoms with Crippen molar-refractivity contribution in [1.29, 1.82) is 0 Å². The fraction of sp³-hybridized carbons (Fsp3) is 0.0833. The molecule has 2 rings (SSSR count). The Labute approximate surface area is 116 Å². The van der Waals surface area contributed by atoms with Crippen molar-refractivity contribution in [3.8, 4) is 5.75 Å². The highest BCUT2D eigenvalue weighted by Gasteiger charge is 2.13. The van der Waals surface area contributed by atoms with Gasteiger partial charge in [0.05, 0.1) is 14.9 Å². The van der Waals surface area contributed by atoms with Gasteiger partial charge in [-0.05, 0) is 24.3 Å². The molecule has 0 fully saturated rings. The van der Waals surface area contributed by atoms with E-state index in [1.165, 1.54) is 18.2 Å². The molecule has 0 radical (unpaired) electrons. The van der Waals surface area contributed by atoms with Crippen molar-refractivity contribution in [2.45, 2.75) is 6.61 Å². The number of thiophene rings is 1. The van der Waals surface area contributed by atoms with E-state index < -0.39 is 12.5 Å². The summed E-state index contributed by atoms with van der Waals surface area (Å²) in [5, 5.41) is 2.50. The Balaban J connectivity index is 2.16. The van der Waals surface area contributed by atoms with Crippen LogP contribution in [0.2, 0.25) is 4.34 Å². The molecule has 0 spiro atoms. The van der Waals surface area contributed by atoms with E-state index in [0.717, 1.165) is 11.3 Å². The molecule has 1 aromatic carbocycles. The number of nitrogens with one attached hydrogen (secondary N) is 1. The first-order chi connectivity index (χ1) is 9.06. The maximum absolute atomic E-state index is 12.2. The van der Waals surface area contributed by atoms with Crippen LogP contribution in [0.25, 0.3) is 0 Å². The van der Waals surface area contributed by atoms with Crippen molar-refractivity contribution in [1.82, 2.24) is 0 Å². The minimum atomic E-state index is -2.95. The first-order valence-corrected chi connectivity index (χ1v) is 6.36. The number of benzene rings is 1. The average molecular weight is 304 g/mol. The van der Waals surface area contributed by atoms with Gasteiger partial charge in [0.15, 0.2) is 0 Å². The molecule has 0 aliphatic rings. The Morgan fingerprint density at radius 3 is 2.63 bits per heavy atom. The molecule has 3 nitrogen and oxygen atoms in total. The lowest BCUT2D eigenvalue weighted by molar-refractivity contribution is -0.0493. The molecule has 2 aromatic rings. The van der Waals surface area contributed by atoms with Gasteiger partial charge < -0.3 is 10.1 Å². The molecule has 7 heteroatoms. The first kappa shape index (κ1) is 13.8. The van der Waals surface area contributed by atoms with Crippen LogP contribution in [0.1, 0.15) is 9.67 Å². The third-order valence-electron chi connectivity index (χ3n) is 2.15. The number of carbonyl (C=O) groups excluding carboxylic acids is 1. The van der Waals surface area contributed by atoms with E-state index in [0.29, 0.717) is 9.21 Å². The highest BCUT2D eigenvalue weighted by Crippen LogP contribution is 2.27. The lowest BCUT2D eigenvalue weighted by Gasteiger charge is -2.10. The number of carbonyl (C=O) groups is 1. The molecule has 0 saturated heterocycles. The van der Waals surface area contributed by atoms with Crippen molar-refractivity contribution in [3.63, 3.8) is 0 Å². The summed E-state index contributed by atoms with van der Waals surface area (Å²) < 4.78 is 29.2. The van der Waals surface area contributed by atoms with Crippen molar-refractivity contribution >= 4 is 34.5 Å². The number of hydrogen-bond donors (Lipinski definition) is 1. The Morgan fingerprint density at radius 1 is 1.26 bits per heavy atom. The molecule has 0 unspecified atom stereocenters. The zero-order chi connectivity index (χ0) is 13.8. The SMILES string of the molecule is O=C(Nc1ccccc1OC(F)F)c1ccc(Cl)s1. The van der Waals surface area contributed by atoms with Crippen LogP contribution in [0.4, 0.5) is 14.5 Å². The molecular formula is C12H8ClF2NO2S. The topological polar surface area (TPSA) is 38.3 Å². The van der Waals surface area contributed by atoms with E-state index in [9.17, 15) is 13.6 Å². The van der Waals surface area contributed by atoms with E-state index in [1.807, 2.05) is 0 Å². The van der Waals surface area contributed by atoms with E-state index in [1.54, 1.807) is 18.2 Å². The van der Waals surface area contributed by atoms with E-state index >= 15 is 0 Å². The lowest BCUT2D eigenvalue weighted by Crippen LogP contribution is -2.12. The van der Waals surface area contributed by atoms with Crippen molar-refractivity contribution in [2.24, 2.45) is 0 Å². The molecule has 0 aliphatic heterocycles. The van der Waals surface area contributed by atoms with Crippen molar-refractivity contribution < 1.29 is 18.3 Å². The summed E-state index contributed by atoms with van der Waals surface area (Å²) in [6.07, 6.45) is 0. The second-order valence-electron chi connectivity index (χ2n) is 3.43. The zero-order valence-corrected chi connectivity index (χ0v) is 11.0. The van der Waals surface area contributed by atoms with Crippen LogP contribution in [0.15, 0.2) is 36.4 Å². The van der Waals surface area contributed by atoms with Crippen molar-refractivity contribution in [3.05, 3.63) is 45.6 Å². The van der Waals surface area contributed by atoms with Crippen LogP contribution in [0, 0.1) is 0 Å². The third kappa shape index (κ3) is 3.65. The average Bonchev–Trinajstić information content (AvgIpc) is 2.78. The van der Waals surface area contributed by atoms with Crippen LogP contribution in [0.5, 0.6) is 5.75 Å². The summed E-state index contributed by atoms with van der Waals surface area (Å²) in [5.74, 6) is -0.518. The fourth-order valence-corrected chi connectivity index (χ4v) is 2.33. The fourth-order valence-electron chi connectivity index (χ4n) is 1.39. The molecule has 0 bridgehead atoms. The molecule has 100 valence electrons. The molecule has 0 saturated carbocycles. The standard InChI is InChI=1S/C12H8ClF2NO2S/c13-10-6-5-9(19-10)11(17)16-7-3-1-2-4-8(7)18-12(14)15/h1-6,12H,(H,16,17). The molecule has 0 atom stereocenters. The van der Waals surface area contributed by atoms with Crippen LogP contribution in [-0.2, 0) is 0 Å². The zero-order valence-electron chi connectivity index (χ0n) is 9.40. The summed E-state index contributed by atoms with van der Waals surface area (Å²) in [4.78, 5) is 12.2. The highest BCUT2D eigenvalue weighted by atomic mass is 35.5. The second kappa shape index (κ2) is 5.99. The number of ether oxygens (including phenoxy) is 1. The Bertz CT molecular complexity index is 589. The molecule has 1 heterocycles. The van der Waals surface area contributed by atoms with Gasteiger partial charge in [-0.1, -0.05) is 23.7 Å². The van der Waals surface area contributed by atoms with Gasteiger partial charge in [-0.3, -0.25) is 4.79 Å². The summed E-state index contributed by atoms with van der Waals surface area (Å²) in [6.45, 7) is -2.95. The van der Waals surface area contributed by atoms with Gasteiger partial charge in [-0.2, -0.15) is 8.78 Å². The van der Waals surface area contributed by atoms with Crippen LogP contribution >= 0.6 is 22.9 Å². The highest BCUT2D eigenvalue weighted by molar-refractivity contribution is 7.18. The monoisotopic (exact) mass is 303 g/mol. The number of rotatable bonds is 4. The van der Waals surface area contributed by atoms with Gasteiger partial charge in [-0.15, -0.1) is 11.3 Å². The van der Waals surface area contributed by atoms with Gasteiger partial charge in [0.1, 0.15) is 5.75 Å².